The van der Waals surface area contributed by atoms with E-state index in [0.717, 1.165) is 17.8 Å². The predicted octanol–water partition coefficient (Wildman–Crippen LogP) is 2.20. The molecule has 1 heterocycles. The van der Waals surface area contributed by atoms with Crippen molar-refractivity contribution in [2.24, 2.45) is 0 Å². The van der Waals surface area contributed by atoms with Gasteiger partial charge in [0.15, 0.2) is 0 Å². The first kappa shape index (κ1) is 24.0. The number of ether oxygens (including phenoxy) is 1. The minimum Gasteiger partial charge on any atom is -0.463 e. The molecule has 25 heavy (non-hydrogen) atoms. The molecule has 144 valence electrons. The standard InChI is InChI=1S/C15H23Cl2N3O4.ClH/c1-5-18(6-2)9-11(21)24-8-7-19-14(22)12(16)13(17)15(23)20(19)10(3)4;/h10H,5-9H2,1-4H3;1H. The maximum Gasteiger partial charge on any atom is 0.320 e. The van der Waals surface area contributed by atoms with Gasteiger partial charge in [-0.15, -0.1) is 12.4 Å². The summed E-state index contributed by atoms with van der Waals surface area (Å²) in [6, 6.07) is -0.300. The first-order valence-corrected chi connectivity index (χ1v) is 8.58. The van der Waals surface area contributed by atoms with Gasteiger partial charge in [-0.1, -0.05) is 37.0 Å². The van der Waals surface area contributed by atoms with Crippen LogP contribution in [0.3, 0.4) is 0 Å². The molecule has 0 bridgehead atoms. The number of halogens is 3. The molecule has 0 saturated heterocycles. The van der Waals surface area contributed by atoms with Gasteiger partial charge >= 0.3 is 5.97 Å². The summed E-state index contributed by atoms with van der Waals surface area (Å²) in [5.41, 5.74) is -1.14. The van der Waals surface area contributed by atoms with Crippen LogP contribution >= 0.6 is 35.6 Å². The Balaban J connectivity index is 0.00000576. The molecule has 0 radical (unpaired) electrons. The van der Waals surface area contributed by atoms with Crippen molar-refractivity contribution < 1.29 is 9.53 Å². The van der Waals surface area contributed by atoms with Gasteiger partial charge in [0.1, 0.15) is 16.7 Å². The van der Waals surface area contributed by atoms with Gasteiger partial charge in [-0.05, 0) is 26.9 Å². The average molecular weight is 417 g/mol. The Morgan fingerprint density at radius 2 is 1.64 bits per heavy atom. The van der Waals surface area contributed by atoms with E-state index in [0.29, 0.717) is 0 Å². The fourth-order valence-electron chi connectivity index (χ4n) is 2.25. The van der Waals surface area contributed by atoms with Crippen LogP contribution in [-0.4, -0.2) is 46.5 Å². The van der Waals surface area contributed by atoms with Crippen LogP contribution < -0.4 is 11.1 Å². The second kappa shape index (κ2) is 10.9. The Kier molecular flexibility index (Phi) is 10.4. The van der Waals surface area contributed by atoms with Crippen LogP contribution in [0.1, 0.15) is 33.7 Å². The average Bonchev–Trinajstić information content (AvgIpc) is 2.54. The molecular weight excluding hydrogens is 393 g/mol. The number of aromatic nitrogens is 2. The van der Waals surface area contributed by atoms with Gasteiger partial charge in [-0.25, -0.2) is 9.36 Å². The predicted molar refractivity (Wildman–Crippen MR) is 101 cm³/mol. The van der Waals surface area contributed by atoms with Crippen molar-refractivity contribution >= 4 is 41.6 Å². The molecule has 0 N–H and O–H groups in total. The van der Waals surface area contributed by atoms with Gasteiger partial charge in [0, 0.05) is 6.04 Å². The summed E-state index contributed by atoms with van der Waals surface area (Å²) in [4.78, 5) is 38.1. The third-order valence-electron chi connectivity index (χ3n) is 3.57. The molecule has 0 atom stereocenters. The van der Waals surface area contributed by atoms with Crippen molar-refractivity contribution in [1.29, 1.82) is 0 Å². The summed E-state index contributed by atoms with van der Waals surface area (Å²) in [6.07, 6.45) is 0. The number of hydrogen-bond acceptors (Lipinski definition) is 5. The largest absolute Gasteiger partial charge is 0.463 e. The van der Waals surface area contributed by atoms with E-state index in [9.17, 15) is 14.4 Å². The third-order valence-corrected chi connectivity index (χ3v) is 4.37. The van der Waals surface area contributed by atoms with Crippen LogP contribution in [0, 0.1) is 0 Å². The van der Waals surface area contributed by atoms with Crippen molar-refractivity contribution in [1.82, 2.24) is 14.3 Å². The van der Waals surface area contributed by atoms with Crippen LogP contribution in [0.4, 0.5) is 0 Å². The fraction of sp³-hybridized carbons (Fsp3) is 0.667. The van der Waals surface area contributed by atoms with E-state index in [1.54, 1.807) is 13.8 Å². The Labute approximate surface area is 162 Å². The van der Waals surface area contributed by atoms with Gasteiger partial charge in [0.2, 0.25) is 0 Å². The highest BCUT2D eigenvalue weighted by molar-refractivity contribution is 6.41. The number of esters is 1. The maximum absolute atomic E-state index is 12.3. The Morgan fingerprint density at radius 1 is 1.12 bits per heavy atom. The second-order valence-electron chi connectivity index (χ2n) is 5.48. The van der Waals surface area contributed by atoms with Crippen molar-refractivity contribution in [3.63, 3.8) is 0 Å². The van der Waals surface area contributed by atoms with Gasteiger partial charge in [-0.3, -0.25) is 19.3 Å². The highest BCUT2D eigenvalue weighted by Crippen LogP contribution is 2.13. The molecule has 1 aromatic heterocycles. The second-order valence-corrected chi connectivity index (χ2v) is 6.24. The molecule has 0 aliphatic rings. The number of nitrogens with zero attached hydrogens (tertiary/aromatic N) is 3. The highest BCUT2D eigenvalue weighted by atomic mass is 35.5. The lowest BCUT2D eigenvalue weighted by Crippen LogP contribution is -2.41. The van der Waals surface area contributed by atoms with E-state index < -0.39 is 11.1 Å². The summed E-state index contributed by atoms with van der Waals surface area (Å²) in [5, 5.41) is -0.627. The van der Waals surface area contributed by atoms with Crippen molar-refractivity contribution in [3.8, 4) is 0 Å². The van der Waals surface area contributed by atoms with Gasteiger partial charge < -0.3 is 4.74 Å². The molecule has 0 spiro atoms. The van der Waals surface area contributed by atoms with E-state index in [1.807, 2.05) is 18.7 Å². The molecule has 1 aromatic rings. The molecule has 10 heteroatoms. The monoisotopic (exact) mass is 415 g/mol. The zero-order valence-electron chi connectivity index (χ0n) is 14.8. The molecule has 0 aliphatic heterocycles. The number of carbonyl (C=O) groups excluding carboxylic acids is 1. The highest BCUT2D eigenvalue weighted by Gasteiger charge is 2.18. The molecular formula is C15H24Cl3N3O4. The van der Waals surface area contributed by atoms with Crippen LogP contribution in [0.2, 0.25) is 10.0 Å². The SMILES string of the molecule is CCN(CC)CC(=O)OCCn1c(=O)c(Cl)c(Cl)c(=O)n1C(C)C.Cl. The zero-order valence-corrected chi connectivity index (χ0v) is 17.1. The van der Waals surface area contributed by atoms with Crippen LogP contribution in [0.25, 0.3) is 0 Å². The Bertz CT molecular complexity index is 696. The number of carbonyl (C=O) groups is 1. The lowest BCUT2D eigenvalue weighted by molar-refractivity contribution is -0.145. The minimum absolute atomic E-state index is 0. The summed E-state index contributed by atoms with van der Waals surface area (Å²) < 4.78 is 7.52. The molecule has 0 aromatic carbocycles. The first-order chi connectivity index (χ1) is 11.2. The molecule has 0 saturated carbocycles. The number of rotatable bonds is 8. The van der Waals surface area contributed by atoms with E-state index in [4.69, 9.17) is 27.9 Å². The summed E-state index contributed by atoms with van der Waals surface area (Å²) >= 11 is 11.6. The quantitative estimate of drug-likeness (QED) is 0.607. The fourth-order valence-corrected chi connectivity index (χ4v) is 2.60. The zero-order chi connectivity index (χ0) is 18.4. The van der Waals surface area contributed by atoms with Crippen molar-refractivity contribution in [3.05, 3.63) is 30.8 Å². The van der Waals surface area contributed by atoms with E-state index in [-0.39, 0.29) is 54.2 Å². The van der Waals surface area contributed by atoms with Crippen molar-refractivity contribution in [2.75, 3.05) is 26.2 Å². The van der Waals surface area contributed by atoms with E-state index in [2.05, 4.69) is 0 Å². The van der Waals surface area contributed by atoms with Crippen molar-refractivity contribution in [2.45, 2.75) is 40.3 Å². The molecule has 0 unspecified atom stereocenters. The smallest absolute Gasteiger partial charge is 0.320 e. The van der Waals surface area contributed by atoms with Crippen LogP contribution in [0.15, 0.2) is 9.59 Å². The molecule has 0 amide bonds. The summed E-state index contributed by atoms with van der Waals surface area (Å²) in [7, 11) is 0. The first-order valence-electron chi connectivity index (χ1n) is 7.83. The van der Waals surface area contributed by atoms with Gasteiger partial charge in [0.25, 0.3) is 11.1 Å². The van der Waals surface area contributed by atoms with Gasteiger partial charge in [-0.2, -0.15) is 0 Å². The molecule has 0 fully saturated rings. The van der Waals surface area contributed by atoms with Gasteiger partial charge in [0.05, 0.1) is 13.1 Å². The minimum atomic E-state index is -0.588. The summed E-state index contributed by atoms with van der Waals surface area (Å²) in [6.45, 7) is 9.04. The molecule has 0 aliphatic carbocycles. The maximum atomic E-state index is 12.3. The topological polar surface area (TPSA) is 73.5 Å². The normalized spacial score (nSPS) is 10.9. The number of likely N-dealkylation sites (N-methyl/N-ethyl adjacent to an activating group) is 1. The Hall–Kier alpha value is -1.02. The molecule has 7 nitrogen and oxygen atoms in total. The van der Waals surface area contributed by atoms with E-state index in [1.165, 1.54) is 4.68 Å². The van der Waals surface area contributed by atoms with Crippen LogP contribution in [-0.2, 0) is 16.1 Å². The Morgan fingerprint density at radius 3 is 2.12 bits per heavy atom. The molecule has 1 rings (SSSR count). The lowest BCUT2D eigenvalue weighted by atomic mass is 10.4. The lowest BCUT2D eigenvalue weighted by Gasteiger charge is -2.20. The number of hydrogen-bond donors (Lipinski definition) is 0. The van der Waals surface area contributed by atoms with E-state index >= 15 is 0 Å². The summed E-state index contributed by atoms with van der Waals surface area (Å²) in [5.74, 6) is -0.384. The third kappa shape index (κ3) is 6.02. The van der Waals surface area contributed by atoms with Crippen LogP contribution in [0.5, 0.6) is 0 Å².